The Morgan fingerprint density at radius 3 is 2.40 bits per heavy atom. The van der Waals surface area contributed by atoms with Crippen molar-refractivity contribution >= 4 is 25.9 Å². The molecule has 0 radical (unpaired) electrons. The average Bonchev–Trinajstić information content (AvgIpc) is 2.48. The van der Waals surface area contributed by atoms with Crippen molar-refractivity contribution in [3.8, 4) is 5.75 Å². The van der Waals surface area contributed by atoms with E-state index in [1.54, 1.807) is 6.92 Å². The van der Waals surface area contributed by atoms with Gasteiger partial charge in [0.2, 0.25) is 0 Å². The number of carbonyl (C=O) groups is 1. The Bertz CT molecular complexity index is 576. The van der Waals surface area contributed by atoms with Crippen LogP contribution in [0.4, 0.5) is 4.39 Å². The molecule has 0 heterocycles. The summed E-state index contributed by atoms with van der Waals surface area (Å²) in [5, 5.41) is 0.194. The van der Waals surface area contributed by atoms with Gasteiger partial charge >= 0.3 is 5.97 Å². The van der Waals surface area contributed by atoms with Crippen LogP contribution in [0.25, 0.3) is 0 Å². The Kier molecular flexibility index (Phi) is 7.90. The number of esters is 1. The van der Waals surface area contributed by atoms with E-state index in [4.69, 9.17) is 25.5 Å². The lowest BCUT2D eigenvalue weighted by atomic mass is 10.2. The zero-order valence-electron chi connectivity index (χ0n) is 15.9. The van der Waals surface area contributed by atoms with Gasteiger partial charge < -0.3 is 13.9 Å². The van der Waals surface area contributed by atoms with Gasteiger partial charge in [-0.3, -0.25) is 0 Å². The molecule has 0 unspecified atom stereocenters. The lowest BCUT2D eigenvalue weighted by molar-refractivity contribution is 0.0525. The molecule has 0 N–H and O–H groups in total. The van der Waals surface area contributed by atoms with Crippen molar-refractivity contribution < 1.29 is 23.1 Å². The van der Waals surface area contributed by atoms with Crippen LogP contribution in [-0.2, 0) is 9.16 Å². The molecule has 0 aliphatic heterocycles. The molecule has 0 aliphatic rings. The Balaban J connectivity index is 2.57. The van der Waals surface area contributed by atoms with E-state index >= 15 is 0 Å². The molecule has 4 nitrogen and oxygen atoms in total. The standard InChI is InChI=1S/C18H28ClFO4Si/c1-7-22-17(21)13-11-14(19)16(15(20)12-13)23-9-8-10-24-25(5,6)18(2,3)4/h11-12H,7-10H2,1-6H3. The molecule has 0 aromatic heterocycles. The largest absolute Gasteiger partial charge is 0.489 e. The molecule has 0 fully saturated rings. The minimum absolute atomic E-state index is 0.0494. The molecule has 0 saturated carbocycles. The Morgan fingerprint density at radius 2 is 1.88 bits per heavy atom. The summed E-state index contributed by atoms with van der Waals surface area (Å²) < 4.78 is 30.4. The smallest absolute Gasteiger partial charge is 0.338 e. The van der Waals surface area contributed by atoms with Crippen molar-refractivity contribution in [2.45, 2.75) is 52.2 Å². The predicted octanol–water partition coefficient (Wildman–Crippen LogP) is 5.45. The van der Waals surface area contributed by atoms with Crippen molar-refractivity contribution in [1.29, 1.82) is 0 Å². The second kappa shape index (κ2) is 9.01. The maximum atomic E-state index is 14.1. The van der Waals surface area contributed by atoms with Gasteiger partial charge in [-0.25, -0.2) is 9.18 Å². The first-order valence-electron chi connectivity index (χ1n) is 8.42. The first kappa shape index (κ1) is 21.9. The molecule has 0 atom stereocenters. The fourth-order valence-corrected chi connectivity index (χ4v) is 3.16. The second-order valence-electron chi connectivity index (χ2n) is 7.30. The van der Waals surface area contributed by atoms with Crippen molar-refractivity contribution in [3.63, 3.8) is 0 Å². The van der Waals surface area contributed by atoms with E-state index in [2.05, 4.69) is 33.9 Å². The topological polar surface area (TPSA) is 44.8 Å². The van der Waals surface area contributed by atoms with Crippen LogP contribution in [0.2, 0.25) is 23.2 Å². The average molecular weight is 391 g/mol. The molecule has 25 heavy (non-hydrogen) atoms. The van der Waals surface area contributed by atoms with Gasteiger partial charge in [0, 0.05) is 13.0 Å². The first-order chi connectivity index (χ1) is 11.5. The molecule has 0 saturated heterocycles. The number of ether oxygens (including phenoxy) is 2. The van der Waals surface area contributed by atoms with E-state index in [-0.39, 0.29) is 34.6 Å². The van der Waals surface area contributed by atoms with Crippen LogP contribution in [-0.4, -0.2) is 34.1 Å². The van der Waals surface area contributed by atoms with Crippen LogP contribution in [0.5, 0.6) is 5.75 Å². The monoisotopic (exact) mass is 390 g/mol. The molecule has 0 spiro atoms. The highest BCUT2D eigenvalue weighted by Gasteiger charge is 2.36. The van der Waals surface area contributed by atoms with Crippen molar-refractivity contribution in [2.24, 2.45) is 0 Å². The highest BCUT2D eigenvalue weighted by molar-refractivity contribution is 6.74. The van der Waals surface area contributed by atoms with Crippen LogP contribution < -0.4 is 4.74 Å². The van der Waals surface area contributed by atoms with E-state index in [1.165, 1.54) is 6.07 Å². The van der Waals surface area contributed by atoms with Gasteiger partial charge in [0.25, 0.3) is 0 Å². The van der Waals surface area contributed by atoms with Crippen LogP contribution >= 0.6 is 11.6 Å². The third-order valence-electron chi connectivity index (χ3n) is 4.31. The van der Waals surface area contributed by atoms with E-state index in [0.717, 1.165) is 6.07 Å². The fourth-order valence-electron chi connectivity index (χ4n) is 1.81. The van der Waals surface area contributed by atoms with Crippen molar-refractivity contribution in [3.05, 3.63) is 28.5 Å². The highest BCUT2D eigenvalue weighted by atomic mass is 35.5. The van der Waals surface area contributed by atoms with Gasteiger partial charge in [0.05, 0.1) is 23.8 Å². The van der Waals surface area contributed by atoms with Crippen LogP contribution in [0.1, 0.15) is 44.5 Å². The Labute approximate surface area is 155 Å². The molecular formula is C18H28ClFO4Si. The molecule has 0 amide bonds. The summed E-state index contributed by atoms with van der Waals surface area (Å²) in [5.74, 6) is -1.35. The normalized spacial score (nSPS) is 12.2. The summed E-state index contributed by atoms with van der Waals surface area (Å²) >= 11 is 6.03. The van der Waals surface area contributed by atoms with Gasteiger partial charge in [-0.2, -0.15) is 0 Å². The minimum Gasteiger partial charge on any atom is -0.489 e. The minimum atomic E-state index is -1.79. The third-order valence-corrected chi connectivity index (χ3v) is 9.13. The van der Waals surface area contributed by atoms with E-state index in [9.17, 15) is 9.18 Å². The number of rotatable bonds is 8. The third kappa shape index (κ3) is 6.28. The summed E-state index contributed by atoms with van der Waals surface area (Å²) in [6.45, 7) is 13.6. The molecule has 142 valence electrons. The van der Waals surface area contributed by atoms with Gasteiger partial charge in [-0.05, 0) is 37.2 Å². The molecule has 1 aromatic rings. The lowest BCUT2D eigenvalue weighted by Gasteiger charge is -2.36. The molecule has 1 aromatic carbocycles. The maximum absolute atomic E-state index is 14.1. The molecule has 0 bridgehead atoms. The van der Waals surface area contributed by atoms with E-state index in [0.29, 0.717) is 13.0 Å². The van der Waals surface area contributed by atoms with Crippen molar-refractivity contribution in [1.82, 2.24) is 0 Å². The summed E-state index contributed by atoms with van der Waals surface area (Å²) in [4.78, 5) is 11.6. The SMILES string of the molecule is CCOC(=O)c1cc(F)c(OCCCO[Si](C)(C)C(C)(C)C)c(Cl)c1. The number of halogens is 2. The van der Waals surface area contributed by atoms with Crippen LogP contribution in [0.3, 0.4) is 0 Å². The zero-order valence-corrected chi connectivity index (χ0v) is 17.6. The summed E-state index contributed by atoms with van der Waals surface area (Å²) in [5.41, 5.74) is 0.0676. The first-order valence-corrected chi connectivity index (χ1v) is 11.7. The zero-order chi connectivity index (χ0) is 19.3. The lowest BCUT2D eigenvalue weighted by Crippen LogP contribution is -2.41. The van der Waals surface area contributed by atoms with E-state index in [1.807, 2.05) is 0 Å². The van der Waals surface area contributed by atoms with Gasteiger partial charge in [-0.1, -0.05) is 32.4 Å². The predicted molar refractivity (Wildman–Crippen MR) is 101 cm³/mol. The molecule has 1 rings (SSSR count). The van der Waals surface area contributed by atoms with Crippen LogP contribution in [0, 0.1) is 5.82 Å². The Hall–Kier alpha value is -1.11. The summed E-state index contributed by atoms with van der Waals surface area (Å²) in [6, 6.07) is 2.43. The van der Waals surface area contributed by atoms with Gasteiger partial charge in [-0.15, -0.1) is 0 Å². The van der Waals surface area contributed by atoms with E-state index < -0.39 is 20.1 Å². The van der Waals surface area contributed by atoms with Crippen LogP contribution in [0.15, 0.2) is 12.1 Å². The molecule has 0 aliphatic carbocycles. The second-order valence-corrected chi connectivity index (χ2v) is 12.5. The summed E-state index contributed by atoms with van der Waals surface area (Å²) in [7, 11) is -1.79. The maximum Gasteiger partial charge on any atom is 0.338 e. The van der Waals surface area contributed by atoms with Crippen molar-refractivity contribution in [2.75, 3.05) is 19.8 Å². The number of benzene rings is 1. The molecule has 7 heteroatoms. The fraction of sp³-hybridized carbons (Fsp3) is 0.611. The molecular weight excluding hydrogens is 363 g/mol. The summed E-state index contributed by atoms with van der Waals surface area (Å²) in [6.07, 6.45) is 0.627. The Morgan fingerprint density at radius 1 is 1.24 bits per heavy atom. The van der Waals surface area contributed by atoms with Gasteiger partial charge in [0.1, 0.15) is 0 Å². The number of hydrogen-bond acceptors (Lipinski definition) is 4. The number of hydrogen-bond donors (Lipinski definition) is 0. The van der Waals surface area contributed by atoms with Gasteiger partial charge in [0.15, 0.2) is 19.9 Å². The highest BCUT2D eigenvalue weighted by Crippen LogP contribution is 2.36. The number of carbonyl (C=O) groups excluding carboxylic acids is 1. The quantitative estimate of drug-likeness (QED) is 0.336.